The number of fused-ring (bicyclic) bond motifs is 1. The number of benzene rings is 2. The largest absolute Gasteiger partial charge is 0.493 e. The highest BCUT2D eigenvalue weighted by Gasteiger charge is 2.36. The van der Waals surface area contributed by atoms with Gasteiger partial charge in [0.15, 0.2) is 17.3 Å². The Hall–Kier alpha value is -4.64. The van der Waals surface area contributed by atoms with Crippen LogP contribution in [0.1, 0.15) is 11.1 Å². The third-order valence-electron chi connectivity index (χ3n) is 5.50. The molecule has 0 radical (unpaired) electrons. The summed E-state index contributed by atoms with van der Waals surface area (Å²) < 4.78 is 22.7. The SMILES string of the molecule is COc1cc(C=C2C(=N)N3N=C(c4cccnc4)SC3=NC2=O)cc(OC)c1OCCOc1ccccc1. The first kappa shape index (κ1) is 25.0. The van der Waals surface area contributed by atoms with Gasteiger partial charge >= 0.3 is 0 Å². The first-order chi connectivity index (χ1) is 18.6. The minimum absolute atomic E-state index is 0.0808. The molecule has 0 fully saturated rings. The molecule has 2 aliphatic rings. The molecule has 3 heterocycles. The van der Waals surface area contributed by atoms with E-state index in [0.717, 1.165) is 11.3 Å². The summed E-state index contributed by atoms with van der Waals surface area (Å²) in [4.78, 5) is 21.1. The van der Waals surface area contributed by atoms with Gasteiger partial charge in [0.2, 0.25) is 10.9 Å². The molecule has 0 bridgehead atoms. The predicted octanol–water partition coefficient (Wildman–Crippen LogP) is 4.22. The van der Waals surface area contributed by atoms with E-state index in [1.807, 2.05) is 36.4 Å². The molecule has 0 saturated heterocycles. The van der Waals surface area contributed by atoms with Crippen LogP contribution in [0.4, 0.5) is 0 Å². The van der Waals surface area contributed by atoms with Crippen molar-refractivity contribution in [1.82, 2.24) is 9.99 Å². The van der Waals surface area contributed by atoms with Crippen molar-refractivity contribution in [2.24, 2.45) is 10.1 Å². The van der Waals surface area contributed by atoms with E-state index in [1.165, 1.54) is 31.0 Å². The zero-order valence-electron chi connectivity index (χ0n) is 20.6. The molecule has 38 heavy (non-hydrogen) atoms. The Balaban J connectivity index is 1.36. The maximum atomic E-state index is 12.9. The summed E-state index contributed by atoms with van der Waals surface area (Å²) in [6, 6.07) is 16.5. The van der Waals surface area contributed by atoms with Crippen LogP contribution in [0.25, 0.3) is 6.08 Å². The second-order valence-corrected chi connectivity index (χ2v) is 8.89. The van der Waals surface area contributed by atoms with E-state index in [4.69, 9.17) is 24.4 Å². The number of ether oxygens (including phenoxy) is 4. The van der Waals surface area contributed by atoms with Gasteiger partial charge in [-0.15, -0.1) is 0 Å². The number of nitrogens with zero attached hydrogens (tertiary/aromatic N) is 4. The van der Waals surface area contributed by atoms with Gasteiger partial charge in [-0.05, 0) is 59.8 Å². The number of nitrogens with one attached hydrogen (secondary N) is 1. The van der Waals surface area contributed by atoms with Gasteiger partial charge in [-0.25, -0.2) is 0 Å². The smallest absolute Gasteiger partial charge is 0.283 e. The van der Waals surface area contributed by atoms with Crippen LogP contribution in [0.15, 0.2) is 82.7 Å². The van der Waals surface area contributed by atoms with Crippen LogP contribution in [0.5, 0.6) is 23.0 Å². The molecule has 1 N–H and O–H groups in total. The standard InChI is InChI=1S/C27H23N5O5S/c1-34-21-14-17(15-22(35-2)23(21)37-12-11-36-19-8-4-3-5-9-19)13-20-24(28)32-27(30-25(20)33)38-26(31-32)18-7-6-10-29-16-18/h3-10,13-16,28H,11-12H2,1-2H3. The molecule has 192 valence electrons. The van der Waals surface area contributed by atoms with Crippen molar-refractivity contribution in [1.29, 1.82) is 5.41 Å². The van der Waals surface area contributed by atoms with Crippen LogP contribution >= 0.6 is 11.8 Å². The van der Waals surface area contributed by atoms with Gasteiger partial charge in [-0.3, -0.25) is 15.2 Å². The van der Waals surface area contributed by atoms with Gasteiger partial charge in [0.05, 0.1) is 19.8 Å². The second kappa shape index (κ2) is 11.2. The molecule has 0 saturated carbocycles. The molecule has 0 spiro atoms. The van der Waals surface area contributed by atoms with Crippen molar-refractivity contribution in [2.45, 2.75) is 0 Å². The summed E-state index contributed by atoms with van der Waals surface area (Å²) in [5.41, 5.74) is 1.43. The number of pyridine rings is 1. The molecular weight excluding hydrogens is 506 g/mol. The average molecular weight is 530 g/mol. The zero-order chi connectivity index (χ0) is 26.5. The minimum Gasteiger partial charge on any atom is -0.493 e. The molecule has 1 amide bonds. The van der Waals surface area contributed by atoms with Crippen LogP contribution < -0.4 is 18.9 Å². The van der Waals surface area contributed by atoms with E-state index in [0.29, 0.717) is 39.6 Å². The highest BCUT2D eigenvalue weighted by Crippen LogP contribution is 2.39. The first-order valence-corrected chi connectivity index (χ1v) is 12.4. The summed E-state index contributed by atoms with van der Waals surface area (Å²) in [6.07, 6.45) is 4.89. The topological polar surface area (TPSA) is 119 Å². The molecule has 11 heteroatoms. The van der Waals surface area contributed by atoms with Crippen molar-refractivity contribution in [3.63, 3.8) is 0 Å². The lowest BCUT2D eigenvalue weighted by Crippen LogP contribution is -2.35. The first-order valence-electron chi connectivity index (χ1n) is 11.5. The summed E-state index contributed by atoms with van der Waals surface area (Å²) >= 11 is 1.22. The fourth-order valence-corrected chi connectivity index (χ4v) is 4.59. The van der Waals surface area contributed by atoms with Crippen LogP contribution in [0.3, 0.4) is 0 Å². The minimum atomic E-state index is -0.535. The fraction of sp³-hybridized carbons (Fsp3) is 0.148. The fourth-order valence-electron chi connectivity index (χ4n) is 3.71. The molecule has 2 aliphatic heterocycles. The van der Waals surface area contributed by atoms with Crippen molar-refractivity contribution < 1.29 is 23.7 Å². The Labute approximate surface area is 223 Å². The summed E-state index contributed by atoms with van der Waals surface area (Å²) in [5.74, 6) is 1.35. The van der Waals surface area contributed by atoms with E-state index in [2.05, 4.69) is 15.1 Å². The number of hydrogen-bond donors (Lipinski definition) is 1. The summed E-state index contributed by atoms with van der Waals surface area (Å²) in [5, 5.41) is 15.4. The molecule has 0 atom stereocenters. The number of methoxy groups -OCH3 is 2. The number of carbonyl (C=O) groups is 1. The van der Waals surface area contributed by atoms with Gasteiger partial charge in [0.25, 0.3) is 5.91 Å². The quantitative estimate of drug-likeness (QED) is 0.323. The van der Waals surface area contributed by atoms with Gasteiger partial charge in [-0.1, -0.05) is 18.2 Å². The summed E-state index contributed by atoms with van der Waals surface area (Å²) in [7, 11) is 3.03. The third-order valence-corrected chi connectivity index (χ3v) is 6.46. The highest BCUT2D eigenvalue weighted by molar-refractivity contribution is 8.27. The van der Waals surface area contributed by atoms with Gasteiger partial charge in [0.1, 0.15) is 24.0 Å². The Morgan fingerprint density at radius 3 is 2.42 bits per heavy atom. The number of carbonyl (C=O) groups excluding carboxylic acids is 1. The molecule has 0 unspecified atom stereocenters. The average Bonchev–Trinajstić information content (AvgIpc) is 3.38. The lowest BCUT2D eigenvalue weighted by atomic mass is 10.1. The molecule has 10 nitrogen and oxygen atoms in total. The maximum Gasteiger partial charge on any atom is 0.283 e. The molecule has 3 aromatic rings. The van der Waals surface area contributed by atoms with Crippen molar-refractivity contribution in [2.75, 3.05) is 27.4 Å². The van der Waals surface area contributed by atoms with E-state index < -0.39 is 5.91 Å². The van der Waals surface area contributed by atoms with E-state index in [-0.39, 0.29) is 18.0 Å². The van der Waals surface area contributed by atoms with E-state index in [1.54, 1.807) is 36.7 Å². The lowest BCUT2D eigenvalue weighted by molar-refractivity contribution is -0.114. The number of para-hydroxylation sites is 1. The third kappa shape index (κ3) is 5.23. The Bertz CT molecular complexity index is 1430. The normalized spacial score (nSPS) is 15.6. The second-order valence-electron chi connectivity index (χ2n) is 7.93. The highest BCUT2D eigenvalue weighted by atomic mass is 32.2. The molecule has 2 aromatic carbocycles. The predicted molar refractivity (Wildman–Crippen MR) is 145 cm³/mol. The Morgan fingerprint density at radius 1 is 1.00 bits per heavy atom. The van der Waals surface area contributed by atoms with Gasteiger partial charge < -0.3 is 18.9 Å². The van der Waals surface area contributed by atoms with Gasteiger partial charge in [0, 0.05) is 18.0 Å². The van der Waals surface area contributed by atoms with Crippen LogP contribution in [0, 0.1) is 5.41 Å². The number of aliphatic imine (C=N–C) groups is 1. The molecule has 1 aromatic heterocycles. The maximum absolute atomic E-state index is 12.9. The molecular formula is C27H23N5O5S. The number of rotatable bonds is 9. The van der Waals surface area contributed by atoms with E-state index >= 15 is 0 Å². The number of amides is 1. The zero-order valence-corrected chi connectivity index (χ0v) is 21.4. The van der Waals surface area contributed by atoms with Crippen molar-refractivity contribution in [3.05, 3.63) is 83.7 Å². The van der Waals surface area contributed by atoms with Crippen LogP contribution in [-0.2, 0) is 4.79 Å². The molecule has 0 aliphatic carbocycles. The lowest BCUT2D eigenvalue weighted by Gasteiger charge is -2.20. The number of aromatic nitrogens is 1. The van der Waals surface area contributed by atoms with E-state index in [9.17, 15) is 4.79 Å². The summed E-state index contributed by atoms with van der Waals surface area (Å²) in [6.45, 7) is 0.579. The number of thioether (sulfide) groups is 1. The monoisotopic (exact) mass is 529 g/mol. The number of hydrazone groups is 1. The van der Waals surface area contributed by atoms with Gasteiger partial charge in [-0.2, -0.15) is 15.1 Å². The van der Waals surface area contributed by atoms with Crippen LogP contribution in [-0.4, -0.2) is 59.4 Å². The number of hydrogen-bond acceptors (Lipinski definition) is 9. The van der Waals surface area contributed by atoms with Crippen molar-refractivity contribution in [3.8, 4) is 23.0 Å². The Morgan fingerprint density at radius 2 is 1.74 bits per heavy atom. The van der Waals surface area contributed by atoms with Crippen molar-refractivity contribution >= 4 is 39.8 Å². The molecule has 5 rings (SSSR count). The number of amidine groups is 2. The Kier molecular flexibility index (Phi) is 7.36. The van der Waals surface area contributed by atoms with Crippen LogP contribution in [0.2, 0.25) is 0 Å².